The average Bonchev–Trinajstić information content (AvgIpc) is 2.61. The van der Waals surface area contributed by atoms with Gasteiger partial charge in [-0.2, -0.15) is 5.10 Å². The molecular weight excluding hydrogens is 280 g/mol. The molecule has 0 aliphatic heterocycles. The molecule has 0 aliphatic rings. The van der Waals surface area contributed by atoms with Crippen molar-refractivity contribution in [2.75, 3.05) is 0 Å². The van der Waals surface area contributed by atoms with Gasteiger partial charge >= 0.3 is 0 Å². The quantitative estimate of drug-likeness (QED) is 0.818. The summed E-state index contributed by atoms with van der Waals surface area (Å²) in [4.78, 5) is 9.12. The lowest BCUT2D eigenvalue weighted by Crippen LogP contribution is -2.17. The van der Waals surface area contributed by atoms with Gasteiger partial charge in [-0.25, -0.2) is 9.97 Å². The minimum Gasteiger partial charge on any atom is -0.250 e. The molecule has 5 heteroatoms. The summed E-state index contributed by atoms with van der Waals surface area (Å²) >= 11 is 3.68. The monoisotopic (exact) mass is 296 g/mol. The summed E-state index contributed by atoms with van der Waals surface area (Å²) < 4.78 is 1.79. The molecule has 0 aromatic carbocycles. The molecule has 17 heavy (non-hydrogen) atoms. The number of hydrogen-bond acceptors (Lipinski definition) is 3. The first-order valence-electron chi connectivity index (χ1n) is 5.79. The molecule has 0 aliphatic carbocycles. The summed E-state index contributed by atoms with van der Waals surface area (Å²) in [7, 11) is 1.90. The lowest BCUT2D eigenvalue weighted by atomic mass is 9.88. The van der Waals surface area contributed by atoms with Crippen LogP contribution < -0.4 is 0 Å². The van der Waals surface area contributed by atoms with E-state index in [0.717, 1.165) is 16.7 Å². The van der Waals surface area contributed by atoms with Gasteiger partial charge in [0, 0.05) is 17.8 Å². The van der Waals surface area contributed by atoms with Gasteiger partial charge < -0.3 is 0 Å². The average molecular weight is 297 g/mol. The van der Waals surface area contributed by atoms with Crippen LogP contribution in [0.15, 0.2) is 12.5 Å². The first-order chi connectivity index (χ1) is 8.02. The number of rotatable bonds is 3. The van der Waals surface area contributed by atoms with Crippen LogP contribution in [0.2, 0.25) is 0 Å². The Hall–Kier alpha value is -0.970. The first-order valence-corrected chi connectivity index (χ1v) is 6.70. The molecule has 0 amide bonds. The van der Waals surface area contributed by atoms with E-state index in [1.165, 1.54) is 0 Å². The molecule has 0 fully saturated rings. The summed E-state index contributed by atoms with van der Waals surface area (Å²) in [6.45, 7) is 6.59. The molecule has 2 unspecified atom stereocenters. The van der Waals surface area contributed by atoms with E-state index in [2.05, 4.69) is 51.8 Å². The molecular formula is C12H17BrN4. The predicted octanol–water partition coefficient (Wildman–Crippen LogP) is 2.89. The van der Waals surface area contributed by atoms with Gasteiger partial charge in [0.1, 0.15) is 6.33 Å². The van der Waals surface area contributed by atoms with Crippen molar-refractivity contribution < 1.29 is 0 Å². The Bertz CT molecular complexity index is 510. The predicted molar refractivity (Wildman–Crippen MR) is 72.3 cm³/mol. The van der Waals surface area contributed by atoms with Crippen LogP contribution in [0.25, 0.3) is 11.0 Å². The third-order valence-electron chi connectivity index (χ3n) is 3.09. The molecule has 0 saturated heterocycles. The van der Waals surface area contributed by atoms with Crippen molar-refractivity contribution in [1.29, 1.82) is 0 Å². The number of fused-ring (bicyclic) bond motifs is 1. The second-order valence-electron chi connectivity index (χ2n) is 4.71. The number of hydrogen-bond donors (Lipinski definition) is 0. The zero-order valence-corrected chi connectivity index (χ0v) is 12.1. The summed E-state index contributed by atoms with van der Waals surface area (Å²) in [5.41, 5.74) is 1.98. The van der Waals surface area contributed by atoms with Gasteiger partial charge in [0.2, 0.25) is 0 Å². The zero-order chi connectivity index (χ0) is 12.6. The van der Waals surface area contributed by atoms with Crippen LogP contribution >= 0.6 is 15.9 Å². The van der Waals surface area contributed by atoms with Crippen molar-refractivity contribution in [3.05, 3.63) is 18.2 Å². The molecule has 0 bridgehead atoms. The molecule has 0 spiro atoms. The lowest BCUT2D eigenvalue weighted by Gasteiger charge is -2.23. The molecule has 92 valence electrons. The van der Waals surface area contributed by atoms with Crippen molar-refractivity contribution in [1.82, 2.24) is 19.7 Å². The van der Waals surface area contributed by atoms with Gasteiger partial charge in [-0.3, -0.25) is 4.68 Å². The molecule has 0 N–H and O–H groups in total. The highest BCUT2D eigenvalue weighted by molar-refractivity contribution is 9.09. The topological polar surface area (TPSA) is 43.6 Å². The number of halogens is 1. The number of nitrogens with zero attached hydrogens (tertiary/aromatic N) is 4. The fourth-order valence-electron chi connectivity index (χ4n) is 2.31. The van der Waals surface area contributed by atoms with Crippen molar-refractivity contribution >= 4 is 27.0 Å². The van der Waals surface area contributed by atoms with E-state index in [9.17, 15) is 0 Å². The number of aromatic nitrogens is 4. The Labute approximate surface area is 110 Å². The molecule has 2 heterocycles. The normalized spacial score (nSPS) is 15.4. The Kier molecular flexibility index (Phi) is 3.47. The van der Waals surface area contributed by atoms with E-state index in [4.69, 9.17) is 0 Å². The van der Waals surface area contributed by atoms with Crippen LogP contribution in [-0.4, -0.2) is 24.6 Å². The largest absolute Gasteiger partial charge is 0.250 e. The van der Waals surface area contributed by atoms with Gasteiger partial charge in [-0.1, -0.05) is 36.7 Å². The maximum atomic E-state index is 4.47. The second kappa shape index (κ2) is 4.72. The lowest BCUT2D eigenvalue weighted by molar-refractivity contribution is 0.491. The van der Waals surface area contributed by atoms with E-state index < -0.39 is 0 Å². The highest BCUT2D eigenvalue weighted by atomic mass is 79.9. The molecule has 0 saturated carbocycles. The van der Waals surface area contributed by atoms with Crippen molar-refractivity contribution in [2.45, 2.75) is 31.5 Å². The van der Waals surface area contributed by atoms with Crippen molar-refractivity contribution in [2.24, 2.45) is 13.0 Å². The van der Waals surface area contributed by atoms with Crippen LogP contribution in [0, 0.1) is 5.92 Å². The van der Waals surface area contributed by atoms with Crippen LogP contribution in [-0.2, 0) is 7.05 Å². The highest BCUT2D eigenvalue weighted by Gasteiger charge is 2.25. The molecule has 2 aromatic heterocycles. The van der Waals surface area contributed by atoms with Crippen molar-refractivity contribution in [3.8, 4) is 0 Å². The van der Waals surface area contributed by atoms with Crippen LogP contribution in [0.1, 0.15) is 32.4 Å². The minimum absolute atomic E-state index is 0.365. The number of aryl methyl sites for hydroxylation is 1. The minimum atomic E-state index is 0.365. The van der Waals surface area contributed by atoms with E-state index in [1.54, 1.807) is 11.0 Å². The third-order valence-corrected chi connectivity index (χ3v) is 3.66. The summed E-state index contributed by atoms with van der Waals surface area (Å²) in [5, 5.41) is 5.31. The Morgan fingerprint density at radius 3 is 2.53 bits per heavy atom. The Morgan fingerprint density at radius 2 is 1.94 bits per heavy atom. The summed E-state index contributed by atoms with van der Waals surface area (Å²) in [5.74, 6) is 0.882. The van der Waals surface area contributed by atoms with Gasteiger partial charge in [-0.05, 0) is 5.92 Å². The molecule has 0 radical (unpaired) electrons. The van der Waals surface area contributed by atoms with Crippen LogP contribution in [0.4, 0.5) is 0 Å². The molecule has 2 aromatic rings. The SMILES string of the molecule is CC(C)C(c1ncnc2c1cnn2C)C(C)Br. The Morgan fingerprint density at radius 1 is 1.24 bits per heavy atom. The van der Waals surface area contributed by atoms with Gasteiger partial charge in [0.25, 0.3) is 0 Å². The van der Waals surface area contributed by atoms with Crippen LogP contribution in [0.5, 0.6) is 0 Å². The van der Waals surface area contributed by atoms with Gasteiger partial charge in [-0.15, -0.1) is 0 Å². The Balaban J connectivity index is 2.61. The summed E-state index contributed by atoms with van der Waals surface area (Å²) in [6, 6.07) is 0. The maximum Gasteiger partial charge on any atom is 0.161 e. The highest BCUT2D eigenvalue weighted by Crippen LogP contribution is 2.33. The fraction of sp³-hybridized carbons (Fsp3) is 0.583. The molecule has 4 nitrogen and oxygen atoms in total. The molecule has 2 rings (SSSR count). The smallest absolute Gasteiger partial charge is 0.161 e. The second-order valence-corrected chi connectivity index (χ2v) is 6.16. The fourth-order valence-corrected chi connectivity index (χ4v) is 3.17. The molecule has 2 atom stereocenters. The van der Waals surface area contributed by atoms with E-state index in [1.807, 2.05) is 13.2 Å². The standard InChI is InChI=1S/C12H17BrN4/c1-7(2)10(8(3)13)11-9-5-16-17(4)12(9)15-6-14-11/h5-8,10H,1-4H3. The van der Waals surface area contributed by atoms with E-state index in [0.29, 0.717) is 16.7 Å². The zero-order valence-electron chi connectivity index (χ0n) is 10.6. The van der Waals surface area contributed by atoms with E-state index >= 15 is 0 Å². The van der Waals surface area contributed by atoms with Gasteiger partial charge in [0.05, 0.1) is 17.3 Å². The van der Waals surface area contributed by atoms with Crippen LogP contribution in [0.3, 0.4) is 0 Å². The maximum absolute atomic E-state index is 4.47. The first kappa shape index (κ1) is 12.5. The summed E-state index contributed by atoms with van der Waals surface area (Å²) in [6.07, 6.45) is 3.49. The van der Waals surface area contributed by atoms with Crippen molar-refractivity contribution in [3.63, 3.8) is 0 Å². The van der Waals surface area contributed by atoms with Gasteiger partial charge in [0.15, 0.2) is 5.65 Å². The number of alkyl halides is 1. The van der Waals surface area contributed by atoms with E-state index in [-0.39, 0.29) is 0 Å². The third kappa shape index (κ3) is 2.20.